The van der Waals surface area contributed by atoms with Crippen LogP contribution >= 0.6 is 0 Å². The van der Waals surface area contributed by atoms with E-state index in [2.05, 4.69) is 0 Å². The summed E-state index contributed by atoms with van der Waals surface area (Å²) in [5, 5.41) is 11.4. The number of nitro groups is 1. The normalized spacial score (nSPS) is 27.6. The quantitative estimate of drug-likeness (QED) is 0.564. The van der Waals surface area contributed by atoms with Crippen molar-refractivity contribution in [2.45, 2.75) is 52.1 Å². The Labute approximate surface area is 169 Å². The summed E-state index contributed by atoms with van der Waals surface area (Å²) in [6.45, 7) is 9.08. The van der Waals surface area contributed by atoms with Crippen LogP contribution in [0.4, 0.5) is 5.69 Å². The highest BCUT2D eigenvalue weighted by atomic mass is 16.6. The van der Waals surface area contributed by atoms with Crippen LogP contribution in [0.1, 0.15) is 48.4 Å². The van der Waals surface area contributed by atoms with Gasteiger partial charge in [0.1, 0.15) is 0 Å². The molecule has 2 heterocycles. The first-order valence-electron chi connectivity index (χ1n) is 9.83. The molecule has 2 aliphatic rings. The number of ether oxygens (including phenoxy) is 2. The van der Waals surface area contributed by atoms with Crippen molar-refractivity contribution in [3.63, 3.8) is 0 Å². The van der Waals surface area contributed by atoms with Crippen molar-refractivity contribution in [1.29, 1.82) is 0 Å². The van der Waals surface area contributed by atoms with Gasteiger partial charge in [0.25, 0.3) is 17.5 Å². The van der Waals surface area contributed by atoms with Crippen LogP contribution < -0.4 is 0 Å². The molecule has 0 bridgehead atoms. The maximum Gasteiger partial charge on any atom is 0.271 e. The number of carbonyl (C=O) groups excluding carboxylic acids is 2. The Morgan fingerprint density at radius 2 is 1.17 bits per heavy atom. The lowest BCUT2D eigenvalue weighted by molar-refractivity contribution is -0.384. The Balaban J connectivity index is 1.90. The molecular formula is C20H27N3O6. The van der Waals surface area contributed by atoms with Gasteiger partial charge in [-0.1, -0.05) is 0 Å². The molecule has 0 aliphatic carbocycles. The molecule has 0 unspecified atom stereocenters. The maximum absolute atomic E-state index is 13.0. The highest BCUT2D eigenvalue weighted by Crippen LogP contribution is 2.23. The van der Waals surface area contributed by atoms with Crippen molar-refractivity contribution in [2.75, 3.05) is 26.2 Å². The highest BCUT2D eigenvalue weighted by Gasteiger charge is 2.31. The summed E-state index contributed by atoms with van der Waals surface area (Å²) < 4.78 is 11.3. The minimum Gasteiger partial charge on any atom is -0.372 e. The SMILES string of the molecule is C[C@@H]1CN(C(=O)c2cc(C(=O)N3C[C@H](C)O[C@@H](C)C3)cc([N+](=O)[O-])c2)C[C@@H](C)O1. The van der Waals surface area contributed by atoms with Crippen LogP contribution in [-0.2, 0) is 9.47 Å². The number of amides is 2. The number of hydrogen-bond donors (Lipinski definition) is 0. The van der Waals surface area contributed by atoms with Gasteiger partial charge in [-0.05, 0) is 33.8 Å². The fourth-order valence-electron chi connectivity index (χ4n) is 4.02. The van der Waals surface area contributed by atoms with E-state index in [0.717, 1.165) is 0 Å². The summed E-state index contributed by atoms with van der Waals surface area (Å²) in [6, 6.07) is 3.91. The topological polar surface area (TPSA) is 102 Å². The Morgan fingerprint density at radius 3 is 1.48 bits per heavy atom. The standard InChI is InChI=1S/C20H27N3O6/c1-12-8-21(9-13(2)28-12)19(24)16-5-17(7-18(6-16)23(26)27)20(25)22-10-14(3)29-15(4)11-22/h5-7,12-15H,8-11H2,1-4H3/t12-,13-,14+,15+. The number of benzene rings is 1. The lowest BCUT2D eigenvalue weighted by Crippen LogP contribution is -2.48. The van der Waals surface area contributed by atoms with Gasteiger partial charge in [-0.3, -0.25) is 19.7 Å². The maximum atomic E-state index is 13.0. The first kappa shape index (κ1) is 21.2. The largest absolute Gasteiger partial charge is 0.372 e. The minimum atomic E-state index is -0.581. The zero-order valence-corrected chi connectivity index (χ0v) is 17.2. The van der Waals surface area contributed by atoms with E-state index < -0.39 is 4.92 Å². The Bertz CT molecular complexity index is 737. The van der Waals surface area contributed by atoms with E-state index in [4.69, 9.17) is 9.47 Å². The lowest BCUT2D eigenvalue weighted by atomic mass is 10.1. The number of nitro benzene ring substituents is 1. The second-order valence-corrected chi connectivity index (χ2v) is 7.96. The Morgan fingerprint density at radius 1 is 0.828 bits per heavy atom. The van der Waals surface area contributed by atoms with Gasteiger partial charge in [-0.25, -0.2) is 0 Å². The first-order chi connectivity index (χ1) is 13.6. The van der Waals surface area contributed by atoms with E-state index in [-0.39, 0.29) is 53.0 Å². The fourth-order valence-corrected chi connectivity index (χ4v) is 4.02. The van der Waals surface area contributed by atoms with Crippen molar-refractivity contribution < 1.29 is 24.0 Å². The third-order valence-corrected chi connectivity index (χ3v) is 5.04. The molecule has 0 N–H and O–H groups in total. The lowest BCUT2D eigenvalue weighted by Gasteiger charge is -2.36. The van der Waals surface area contributed by atoms with Crippen molar-refractivity contribution in [2.24, 2.45) is 0 Å². The first-order valence-corrected chi connectivity index (χ1v) is 9.83. The Kier molecular flexibility index (Phi) is 6.18. The van der Waals surface area contributed by atoms with Crippen molar-refractivity contribution >= 4 is 17.5 Å². The van der Waals surface area contributed by atoms with E-state index in [0.29, 0.717) is 26.2 Å². The molecule has 1 aromatic carbocycles. The van der Waals surface area contributed by atoms with Crippen molar-refractivity contribution in [3.05, 3.63) is 39.4 Å². The van der Waals surface area contributed by atoms with E-state index in [1.165, 1.54) is 18.2 Å². The number of hydrogen-bond acceptors (Lipinski definition) is 6. The molecule has 9 nitrogen and oxygen atoms in total. The molecule has 0 spiro atoms. The van der Waals surface area contributed by atoms with E-state index >= 15 is 0 Å². The number of rotatable bonds is 3. The average molecular weight is 405 g/mol. The smallest absolute Gasteiger partial charge is 0.271 e. The van der Waals surface area contributed by atoms with Crippen LogP contribution in [-0.4, -0.2) is 77.1 Å². The molecule has 3 rings (SSSR count). The zero-order chi connectivity index (χ0) is 21.3. The molecule has 2 saturated heterocycles. The van der Waals surface area contributed by atoms with Crippen LogP contribution in [0.5, 0.6) is 0 Å². The zero-order valence-electron chi connectivity index (χ0n) is 17.2. The van der Waals surface area contributed by atoms with Gasteiger partial charge >= 0.3 is 0 Å². The molecule has 29 heavy (non-hydrogen) atoms. The van der Waals surface area contributed by atoms with Crippen LogP contribution in [0.3, 0.4) is 0 Å². The molecule has 2 fully saturated rings. The van der Waals surface area contributed by atoms with Gasteiger partial charge in [0, 0.05) is 49.4 Å². The summed E-state index contributed by atoms with van der Waals surface area (Å²) in [7, 11) is 0. The van der Waals surface area contributed by atoms with E-state index in [1.54, 1.807) is 9.80 Å². The highest BCUT2D eigenvalue weighted by molar-refractivity contribution is 6.00. The predicted octanol–water partition coefficient (Wildman–Crippen LogP) is 2.09. The molecular weight excluding hydrogens is 378 g/mol. The molecule has 0 aromatic heterocycles. The van der Waals surface area contributed by atoms with Gasteiger partial charge in [0.05, 0.1) is 29.3 Å². The van der Waals surface area contributed by atoms with Crippen molar-refractivity contribution in [3.8, 4) is 0 Å². The van der Waals surface area contributed by atoms with Crippen LogP contribution in [0.15, 0.2) is 18.2 Å². The molecule has 0 radical (unpaired) electrons. The third kappa shape index (κ3) is 4.91. The number of nitrogens with zero attached hydrogens (tertiary/aromatic N) is 3. The molecule has 0 saturated carbocycles. The predicted molar refractivity (Wildman–Crippen MR) is 105 cm³/mol. The molecule has 4 atom stereocenters. The number of carbonyl (C=O) groups is 2. The van der Waals surface area contributed by atoms with Gasteiger partial charge in [0.15, 0.2) is 0 Å². The number of non-ortho nitro benzene ring substituents is 1. The van der Waals surface area contributed by atoms with Gasteiger partial charge in [0.2, 0.25) is 0 Å². The molecule has 2 aliphatic heterocycles. The molecule has 1 aromatic rings. The molecule has 9 heteroatoms. The summed E-state index contributed by atoms with van der Waals surface area (Å²) in [6.07, 6.45) is -0.504. The van der Waals surface area contributed by atoms with E-state index in [1.807, 2.05) is 27.7 Å². The average Bonchev–Trinajstić information content (AvgIpc) is 2.64. The Hall–Kier alpha value is -2.52. The monoisotopic (exact) mass is 405 g/mol. The van der Waals surface area contributed by atoms with Gasteiger partial charge in [-0.15, -0.1) is 0 Å². The third-order valence-electron chi connectivity index (χ3n) is 5.04. The van der Waals surface area contributed by atoms with Crippen LogP contribution in [0, 0.1) is 10.1 Å². The van der Waals surface area contributed by atoms with Gasteiger partial charge in [-0.2, -0.15) is 0 Å². The van der Waals surface area contributed by atoms with Gasteiger partial charge < -0.3 is 19.3 Å². The molecule has 158 valence electrons. The minimum absolute atomic E-state index is 0.126. The summed E-state index contributed by atoms with van der Waals surface area (Å²) in [5.41, 5.74) is -0.000625. The summed E-state index contributed by atoms with van der Waals surface area (Å²) in [4.78, 5) is 40.1. The van der Waals surface area contributed by atoms with Crippen LogP contribution in [0.2, 0.25) is 0 Å². The number of morpholine rings is 2. The van der Waals surface area contributed by atoms with E-state index in [9.17, 15) is 19.7 Å². The van der Waals surface area contributed by atoms with Crippen molar-refractivity contribution in [1.82, 2.24) is 9.80 Å². The second kappa shape index (κ2) is 8.46. The van der Waals surface area contributed by atoms with Crippen LogP contribution in [0.25, 0.3) is 0 Å². The fraction of sp³-hybridized carbons (Fsp3) is 0.600. The summed E-state index contributed by atoms with van der Waals surface area (Å²) >= 11 is 0. The summed E-state index contributed by atoms with van der Waals surface area (Å²) in [5.74, 6) is -0.679. The second-order valence-electron chi connectivity index (χ2n) is 7.96. The molecule has 2 amide bonds.